The largest absolute Gasteiger partial charge is 0.490 e. The van der Waals surface area contributed by atoms with Crippen molar-refractivity contribution in [2.75, 3.05) is 6.61 Å². The summed E-state index contributed by atoms with van der Waals surface area (Å²) in [5, 5.41) is 9.10. The van der Waals surface area contributed by atoms with Crippen LogP contribution in [0.4, 0.5) is 0 Å². The van der Waals surface area contributed by atoms with E-state index < -0.39 is 5.97 Å². The van der Waals surface area contributed by atoms with Crippen LogP contribution in [0.3, 0.4) is 0 Å². The van der Waals surface area contributed by atoms with Crippen LogP contribution in [0.15, 0.2) is 48.5 Å². The van der Waals surface area contributed by atoms with Crippen molar-refractivity contribution >= 4 is 12.0 Å². The summed E-state index contributed by atoms with van der Waals surface area (Å²) < 4.78 is 11.0. The van der Waals surface area contributed by atoms with Crippen LogP contribution < -0.4 is 9.47 Å². The van der Waals surface area contributed by atoms with Gasteiger partial charge in [0.1, 0.15) is 23.7 Å². The van der Waals surface area contributed by atoms with Crippen LogP contribution in [0.1, 0.15) is 55.1 Å². The fraction of sp³-hybridized carbons (Fsp3) is 0.318. The fourth-order valence-electron chi connectivity index (χ4n) is 2.61. The molecule has 1 heterocycles. The highest BCUT2D eigenvalue weighted by Gasteiger charge is 2.18. The Labute approximate surface area is 155 Å². The van der Waals surface area contributed by atoms with Gasteiger partial charge >= 0.3 is 5.97 Å². The molecule has 0 fully saturated rings. The van der Waals surface area contributed by atoms with Gasteiger partial charge in [-0.15, -0.1) is 0 Å². The third-order valence-corrected chi connectivity index (χ3v) is 3.80. The molecule has 26 heavy (non-hydrogen) atoms. The smallest absolute Gasteiger partial charge is 0.339 e. The van der Waals surface area contributed by atoms with E-state index in [0.29, 0.717) is 12.4 Å². The van der Waals surface area contributed by atoms with E-state index >= 15 is 0 Å². The lowest BCUT2D eigenvalue weighted by Crippen LogP contribution is -2.12. The molecule has 0 amide bonds. The van der Waals surface area contributed by atoms with Crippen molar-refractivity contribution in [2.45, 2.75) is 39.7 Å². The maximum atomic E-state index is 11.1. The quantitative estimate of drug-likeness (QED) is 0.800. The molecule has 2 aromatic rings. The van der Waals surface area contributed by atoms with Crippen molar-refractivity contribution in [3.05, 3.63) is 65.2 Å². The van der Waals surface area contributed by atoms with E-state index in [2.05, 4.69) is 6.08 Å². The van der Waals surface area contributed by atoms with Gasteiger partial charge in [0.15, 0.2) is 0 Å². The predicted octanol–water partition coefficient (Wildman–Crippen LogP) is 5.39. The minimum atomic E-state index is -0.946. The average molecular weight is 354 g/mol. The molecule has 0 radical (unpaired) electrons. The number of ether oxygens (including phenoxy) is 2. The highest BCUT2D eigenvalue weighted by Crippen LogP contribution is 2.31. The van der Waals surface area contributed by atoms with E-state index in [1.807, 2.05) is 64.1 Å². The summed E-state index contributed by atoms with van der Waals surface area (Å²) in [6, 6.07) is 13.3. The molecule has 3 rings (SSSR count). The molecule has 4 heteroatoms. The Morgan fingerprint density at radius 3 is 2.42 bits per heavy atom. The molecule has 138 valence electrons. The van der Waals surface area contributed by atoms with Gasteiger partial charge < -0.3 is 14.6 Å². The molecule has 0 aromatic heterocycles. The molecule has 0 aliphatic carbocycles. The van der Waals surface area contributed by atoms with Gasteiger partial charge in [0.2, 0.25) is 0 Å². The van der Waals surface area contributed by atoms with Crippen LogP contribution >= 0.6 is 0 Å². The zero-order chi connectivity index (χ0) is 19.1. The van der Waals surface area contributed by atoms with Gasteiger partial charge in [0, 0.05) is 5.56 Å². The Bertz CT molecular complexity index is 775. The molecule has 0 saturated carbocycles. The van der Waals surface area contributed by atoms with Crippen molar-refractivity contribution < 1.29 is 19.4 Å². The monoisotopic (exact) mass is 354 g/mol. The maximum absolute atomic E-state index is 11.1. The zero-order valence-electron chi connectivity index (χ0n) is 15.7. The first kappa shape index (κ1) is 19.6. The first-order valence-corrected chi connectivity index (χ1v) is 8.81. The van der Waals surface area contributed by atoms with Crippen LogP contribution in [0.5, 0.6) is 11.5 Å². The molecule has 2 aromatic carbocycles. The van der Waals surface area contributed by atoms with Gasteiger partial charge in [0.05, 0.1) is 6.10 Å². The first-order valence-electron chi connectivity index (χ1n) is 8.81. The lowest BCUT2D eigenvalue weighted by atomic mass is 9.99. The number of carbonyl (C=O) groups is 1. The van der Waals surface area contributed by atoms with Crippen LogP contribution in [-0.4, -0.2) is 23.8 Å². The minimum absolute atomic E-state index is 0.0296. The van der Waals surface area contributed by atoms with Crippen molar-refractivity contribution in [3.63, 3.8) is 0 Å². The molecule has 1 aliphatic heterocycles. The Morgan fingerprint density at radius 2 is 1.81 bits per heavy atom. The zero-order valence-corrected chi connectivity index (χ0v) is 15.7. The fourth-order valence-corrected chi connectivity index (χ4v) is 2.61. The predicted molar refractivity (Wildman–Crippen MR) is 104 cm³/mol. The number of fused-ring (bicyclic) bond motifs is 1. The van der Waals surface area contributed by atoms with Gasteiger partial charge in [-0.3, -0.25) is 0 Å². The molecular formula is C22H26O4. The van der Waals surface area contributed by atoms with E-state index in [-0.39, 0.29) is 17.6 Å². The van der Waals surface area contributed by atoms with Crippen molar-refractivity contribution in [1.82, 2.24) is 0 Å². The average Bonchev–Trinajstić information content (AvgIpc) is 2.61. The van der Waals surface area contributed by atoms with Crippen molar-refractivity contribution in [2.24, 2.45) is 0 Å². The molecule has 0 unspecified atom stereocenters. The van der Waals surface area contributed by atoms with Crippen LogP contribution in [0.2, 0.25) is 0 Å². The second-order valence-electron chi connectivity index (χ2n) is 6.60. The van der Waals surface area contributed by atoms with Crippen molar-refractivity contribution in [3.8, 4) is 11.5 Å². The Morgan fingerprint density at radius 1 is 1.08 bits per heavy atom. The number of carboxylic acid groups (broad SMARTS) is 1. The molecule has 0 atom stereocenters. The Balaban J connectivity index is 0.000000206. The van der Waals surface area contributed by atoms with E-state index in [0.717, 1.165) is 11.3 Å². The van der Waals surface area contributed by atoms with E-state index in [4.69, 9.17) is 14.6 Å². The summed E-state index contributed by atoms with van der Waals surface area (Å²) in [6.45, 7) is 8.53. The number of hydrogen-bond acceptors (Lipinski definition) is 3. The highest BCUT2D eigenvalue weighted by atomic mass is 16.5. The third-order valence-electron chi connectivity index (χ3n) is 3.80. The second kappa shape index (κ2) is 9.09. The standard InChI is InChI=1S/C13H18O3.C9H8O/c1-8(2)10-6-5-7-11(13(14)15)12(10)16-9(3)4;1-2-6-9-8(4-1)5-3-7-10-9/h5-9H,1-4H3,(H,14,15);1-6H,7H2. The number of aromatic carboxylic acids is 1. The molecular weight excluding hydrogens is 328 g/mol. The number of carboxylic acids is 1. The Kier molecular flexibility index (Phi) is 6.84. The minimum Gasteiger partial charge on any atom is -0.490 e. The number of hydrogen-bond donors (Lipinski definition) is 1. The lowest BCUT2D eigenvalue weighted by molar-refractivity contribution is 0.0690. The number of para-hydroxylation sites is 2. The van der Waals surface area contributed by atoms with Crippen LogP contribution in [0.25, 0.3) is 6.08 Å². The van der Waals surface area contributed by atoms with Gasteiger partial charge in [0.25, 0.3) is 0 Å². The number of benzene rings is 2. The summed E-state index contributed by atoms with van der Waals surface area (Å²) >= 11 is 0. The van der Waals surface area contributed by atoms with Gasteiger partial charge in [-0.25, -0.2) is 4.79 Å². The molecule has 0 saturated heterocycles. The summed E-state index contributed by atoms with van der Waals surface area (Å²) in [4.78, 5) is 11.1. The molecule has 1 N–H and O–H groups in total. The van der Waals surface area contributed by atoms with Crippen LogP contribution in [0, 0.1) is 0 Å². The maximum Gasteiger partial charge on any atom is 0.339 e. The van der Waals surface area contributed by atoms with Crippen LogP contribution in [-0.2, 0) is 0 Å². The lowest BCUT2D eigenvalue weighted by Gasteiger charge is -2.18. The molecule has 0 bridgehead atoms. The van der Waals surface area contributed by atoms with Gasteiger partial charge in [-0.1, -0.05) is 50.3 Å². The molecule has 4 nitrogen and oxygen atoms in total. The second-order valence-corrected chi connectivity index (χ2v) is 6.60. The van der Waals surface area contributed by atoms with E-state index in [1.165, 1.54) is 5.56 Å². The summed E-state index contributed by atoms with van der Waals surface area (Å²) in [6.07, 6.45) is 4.07. The summed E-state index contributed by atoms with van der Waals surface area (Å²) in [5.74, 6) is 0.788. The third kappa shape index (κ3) is 5.12. The molecule has 0 spiro atoms. The SMILES string of the molecule is C1=Cc2ccccc2OC1.CC(C)Oc1c(C(=O)O)cccc1C(C)C. The topological polar surface area (TPSA) is 55.8 Å². The molecule has 1 aliphatic rings. The number of rotatable bonds is 4. The van der Waals surface area contributed by atoms with E-state index in [9.17, 15) is 4.79 Å². The Hall–Kier alpha value is -2.75. The summed E-state index contributed by atoms with van der Waals surface area (Å²) in [7, 11) is 0. The van der Waals surface area contributed by atoms with Gasteiger partial charge in [-0.2, -0.15) is 0 Å². The van der Waals surface area contributed by atoms with Crippen molar-refractivity contribution in [1.29, 1.82) is 0 Å². The summed E-state index contributed by atoms with van der Waals surface area (Å²) in [5.41, 5.74) is 2.35. The first-order chi connectivity index (χ1) is 12.4. The van der Waals surface area contributed by atoms with Gasteiger partial charge in [-0.05, 0) is 43.5 Å². The highest BCUT2D eigenvalue weighted by molar-refractivity contribution is 5.91. The normalized spacial score (nSPS) is 12.1. The van der Waals surface area contributed by atoms with E-state index in [1.54, 1.807) is 12.1 Å².